The number of hydrogen-bond acceptors (Lipinski definition) is 5. The zero-order chi connectivity index (χ0) is 26.3. The number of halogens is 2. The summed E-state index contributed by atoms with van der Waals surface area (Å²) in [7, 11) is 2.93. The van der Waals surface area contributed by atoms with Gasteiger partial charge in [-0.2, -0.15) is 0 Å². The third kappa shape index (κ3) is 4.20. The molecule has 3 aromatic carbocycles. The fraction of sp³-hybridized carbons (Fsp3) is 0.143. The number of methoxy groups -OCH3 is 2. The summed E-state index contributed by atoms with van der Waals surface area (Å²) in [5.74, 6) is -1.31. The van der Waals surface area contributed by atoms with Crippen molar-refractivity contribution in [3.05, 3.63) is 99.2 Å². The largest absolute Gasteiger partial charge is 0.507 e. The summed E-state index contributed by atoms with van der Waals surface area (Å²) in [5.41, 5.74) is 2.20. The van der Waals surface area contributed by atoms with Crippen molar-refractivity contribution in [3.63, 3.8) is 0 Å². The number of aliphatic hydroxyl groups excluding tert-OH is 1. The zero-order valence-corrected chi connectivity index (χ0v) is 21.4. The summed E-state index contributed by atoms with van der Waals surface area (Å²) in [6.07, 6.45) is 1.74. The normalized spacial score (nSPS) is 17.0. The summed E-state index contributed by atoms with van der Waals surface area (Å²) in [6.45, 7) is 0.0724. The van der Waals surface area contributed by atoms with Crippen LogP contribution in [0.3, 0.4) is 0 Å². The second kappa shape index (κ2) is 9.84. The highest BCUT2D eigenvalue weighted by Crippen LogP contribution is 2.45. The molecule has 2 N–H and O–H groups in total. The minimum atomic E-state index is -0.913. The van der Waals surface area contributed by atoms with Gasteiger partial charge in [0, 0.05) is 33.2 Å². The quantitative estimate of drug-likeness (QED) is 0.176. The van der Waals surface area contributed by atoms with Crippen LogP contribution in [0.5, 0.6) is 11.5 Å². The van der Waals surface area contributed by atoms with E-state index >= 15 is 0 Å². The van der Waals surface area contributed by atoms with Crippen LogP contribution in [0.25, 0.3) is 16.7 Å². The maximum atomic E-state index is 13.5. The highest BCUT2D eigenvalue weighted by atomic mass is 35.5. The molecule has 5 rings (SSSR count). The van der Waals surface area contributed by atoms with E-state index in [0.29, 0.717) is 16.9 Å². The summed E-state index contributed by atoms with van der Waals surface area (Å²) in [5, 5.41) is 12.7. The van der Waals surface area contributed by atoms with Crippen LogP contribution >= 0.6 is 23.2 Å². The van der Waals surface area contributed by atoms with Crippen molar-refractivity contribution in [1.29, 1.82) is 0 Å². The number of para-hydroxylation sites is 2. The number of nitrogens with zero attached hydrogens (tertiary/aromatic N) is 1. The second-order valence-electron chi connectivity index (χ2n) is 8.50. The Balaban J connectivity index is 1.76. The van der Waals surface area contributed by atoms with Gasteiger partial charge < -0.3 is 24.5 Å². The van der Waals surface area contributed by atoms with E-state index in [1.165, 1.54) is 24.1 Å². The van der Waals surface area contributed by atoms with Crippen molar-refractivity contribution < 1.29 is 24.2 Å². The molecule has 7 nitrogen and oxygen atoms in total. The Morgan fingerprint density at radius 2 is 1.76 bits per heavy atom. The van der Waals surface area contributed by atoms with Crippen molar-refractivity contribution in [3.8, 4) is 11.5 Å². The number of carbonyl (C=O) groups is 2. The van der Waals surface area contributed by atoms with Crippen molar-refractivity contribution in [2.75, 3.05) is 14.2 Å². The molecule has 37 heavy (non-hydrogen) atoms. The lowest BCUT2D eigenvalue weighted by atomic mass is 9.94. The van der Waals surface area contributed by atoms with Crippen molar-refractivity contribution in [2.24, 2.45) is 0 Å². The fourth-order valence-corrected chi connectivity index (χ4v) is 5.36. The molecule has 4 aromatic rings. The number of aliphatic hydroxyl groups is 1. The van der Waals surface area contributed by atoms with E-state index in [2.05, 4.69) is 4.98 Å². The SMILES string of the molecule is COc1ccccc1CN1C(=O)C(=O)/C(=C(/O)c2cc(Cl)cc(Cl)c2OC)C1c1c[nH]c2ccccc12. The first-order valence-electron chi connectivity index (χ1n) is 11.4. The first-order chi connectivity index (χ1) is 17.8. The molecule has 0 spiro atoms. The average molecular weight is 537 g/mol. The van der Waals surface area contributed by atoms with Crippen LogP contribution in [0.1, 0.15) is 22.7 Å². The minimum Gasteiger partial charge on any atom is -0.507 e. The van der Waals surface area contributed by atoms with E-state index < -0.39 is 23.5 Å². The molecule has 0 aliphatic carbocycles. The van der Waals surface area contributed by atoms with Gasteiger partial charge >= 0.3 is 0 Å². The number of ketones is 1. The molecule has 1 aliphatic rings. The number of aromatic amines is 1. The van der Waals surface area contributed by atoms with Crippen LogP contribution in [-0.4, -0.2) is 40.9 Å². The number of likely N-dealkylation sites (tertiary alicyclic amines) is 1. The summed E-state index contributed by atoms with van der Waals surface area (Å²) in [4.78, 5) is 31.6. The summed E-state index contributed by atoms with van der Waals surface area (Å²) >= 11 is 12.5. The van der Waals surface area contributed by atoms with Gasteiger partial charge in [-0.3, -0.25) is 9.59 Å². The number of rotatable bonds is 6. The van der Waals surface area contributed by atoms with Gasteiger partial charge in [0.05, 0.1) is 43.0 Å². The highest BCUT2D eigenvalue weighted by Gasteiger charge is 2.47. The molecule has 1 aliphatic heterocycles. The number of carbonyl (C=O) groups excluding carboxylic acids is 2. The third-order valence-corrected chi connectivity index (χ3v) is 6.96. The van der Waals surface area contributed by atoms with Crippen molar-refractivity contribution in [1.82, 2.24) is 9.88 Å². The number of ether oxygens (including phenoxy) is 2. The molecule has 1 amide bonds. The van der Waals surface area contributed by atoms with Gasteiger partial charge in [-0.25, -0.2) is 0 Å². The topological polar surface area (TPSA) is 91.9 Å². The van der Waals surface area contributed by atoms with Crippen molar-refractivity contribution >= 4 is 51.6 Å². The molecule has 188 valence electrons. The Kier molecular flexibility index (Phi) is 6.58. The molecular formula is C28H22Cl2N2O5. The molecule has 1 unspecified atom stereocenters. The van der Waals surface area contributed by atoms with Crippen LogP contribution in [0.4, 0.5) is 0 Å². The van der Waals surface area contributed by atoms with Gasteiger partial charge in [-0.05, 0) is 24.3 Å². The zero-order valence-electron chi connectivity index (χ0n) is 19.9. The number of nitrogens with one attached hydrogen (secondary N) is 1. The van der Waals surface area contributed by atoms with Gasteiger partial charge in [-0.1, -0.05) is 59.6 Å². The number of amides is 1. The predicted molar refractivity (Wildman–Crippen MR) is 142 cm³/mol. The van der Waals surface area contributed by atoms with Crippen LogP contribution in [0.15, 0.2) is 72.4 Å². The van der Waals surface area contributed by atoms with Gasteiger partial charge in [0.15, 0.2) is 0 Å². The third-order valence-electron chi connectivity index (χ3n) is 6.46. The number of H-pyrrole nitrogens is 1. The van der Waals surface area contributed by atoms with E-state index in [1.807, 2.05) is 42.5 Å². The minimum absolute atomic E-state index is 0.0724. The molecule has 2 heterocycles. The lowest BCUT2D eigenvalue weighted by Gasteiger charge is -2.26. The van der Waals surface area contributed by atoms with Gasteiger partial charge in [0.1, 0.15) is 17.3 Å². The van der Waals surface area contributed by atoms with E-state index in [-0.39, 0.29) is 33.5 Å². The Hall–Kier alpha value is -3.94. The Labute approximate surface area is 222 Å². The van der Waals surface area contributed by atoms with Gasteiger partial charge in [-0.15, -0.1) is 0 Å². The summed E-state index contributed by atoms with van der Waals surface area (Å²) in [6, 6.07) is 16.8. The molecule has 9 heteroatoms. The fourth-order valence-electron chi connectivity index (χ4n) is 4.79. The summed E-state index contributed by atoms with van der Waals surface area (Å²) < 4.78 is 10.9. The van der Waals surface area contributed by atoms with Crippen molar-refractivity contribution in [2.45, 2.75) is 12.6 Å². The number of hydrogen-bond donors (Lipinski definition) is 2. The molecule has 1 aromatic heterocycles. The Morgan fingerprint density at radius 3 is 2.51 bits per heavy atom. The average Bonchev–Trinajstić information content (AvgIpc) is 3.42. The lowest BCUT2D eigenvalue weighted by molar-refractivity contribution is -0.140. The standard InChI is InChI=1S/C28H22Cl2N2O5/c1-36-22-10-6-3-7-15(22)14-32-24(19-13-31-21-9-5-4-8-17(19)21)23(26(34)28(32)35)25(33)18-11-16(29)12-20(30)27(18)37-2/h3-13,24,31,33H,14H2,1-2H3/b25-23+. The molecule has 1 fully saturated rings. The first kappa shape index (κ1) is 24.7. The first-order valence-corrected chi connectivity index (χ1v) is 12.1. The molecule has 0 radical (unpaired) electrons. The van der Waals surface area contributed by atoms with Gasteiger partial charge in [0.25, 0.3) is 11.7 Å². The molecule has 0 bridgehead atoms. The Morgan fingerprint density at radius 1 is 1.03 bits per heavy atom. The monoisotopic (exact) mass is 536 g/mol. The number of benzene rings is 3. The van der Waals surface area contributed by atoms with Crippen LogP contribution in [0, 0.1) is 0 Å². The van der Waals surface area contributed by atoms with Crippen LogP contribution in [-0.2, 0) is 16.1 Å². The molecule has 1 atom stereocenters. The van der Waals surface area contributed by atoms with Crippen LogP contribution in [0.2, 0.25) is 10.0 Å². The van der Waals surface area contributed by atoms with E-state index in [0.717, 1.165) is 10.9 Å². The van der Waals surface area contributed by atoms with Gasteiger partial charge in [0.2, 0.25) is 0 Å². The van der Waals surface area contributed by atoms with Crippen LogP contribution < -0.4 is 9.47 Å². The maximum absolute atomic E-state index is 13.5. The number of fused-ring (bicyclic) bond motifs is 1. The van der Waals surface area contributed by atoms with E-state index in [1.54, 1.807) is 19.4 Å². The van der Waals surface area contributed by atoms with E-state index in [4.69, 9.17) is 32.7 Å². The number of aromatic nitrogens is 1. The van der Waals surface area contributed by atoms with E-state index in [9.17, 15) is 14.7 Å². The maximum Gasteiger partial charge on any atom is 0.295 e. The molecule has 1 saturated heterocycles. The smallest absolute Gasteiger partial charge is 0.295 e. The Bertz CT molecular complexity index is 1580. The second-order valence-corrected chi connectivity index (χ2v) is 9.34. The lowest BCUT2D eigenvalue weighted by Crippen LogP contribution is -2.29. The highest BCUT2D eigenvalue weighted by molar-refractivity contribution is 6.47. The predicted octanol–water partition coefficient (Wildman–Crippen LogP) is 6.11. The molecular weight excluding hydrogens is 515 g/mol. The number of Topliss-reactive ketones (excluding diaryl/α,β-unsaturated/α-hetero) is 1. The molecule has 0 saturated carbocycles.